The van der Waals surface area contributed by atoms with Gasteiger partial charge in [-0.2, -0.15) is 4.68 Å². The van der Waals surface area contributed by atoms with Crippen molar-refractivity contribution < 1.29 is 17.9 Å². The second-order valence-electron chi connectivity index (χ2n) is 6.14. The summed E-state index contributed by atoms with van der Waals surface area (Å²) in [5.74, 6) is 0.762. The molecular weight excluding hydrogens is 380 g/mol. The molecule has 28 heavy (non-hydrogen) atoms. The van der Waals surface area contributed by atoms with Gasteiger partial charge in [0.1, 0.15) is 5.75 Å². The molecule has 148 valence electrons. The molecule has 0 amide bonds. The Balaban J connectivity index is 1.46. The average molecular weight is 402 g/mol. The zero-order chi connectivity index (χ0) is 19.8. The topological polar surface area (TPSA) is 96.2 Å². The van der Waals surface area contributed by atoms with Gasteiger partial charge >= 0.3 is 0 Å². The molecular formula is C19H22N4O4S. The standard InChI is InChI=1S/C19H22N4O4S/c1-26-18-11-9-16(10-12-18)15-27-13-5-6-14-28(24,25)19-20-21-22-23(19)17-7-3-2-4-8-17/h2-4,7-12H,5-6,13-15H2,1H3. The fourth-order valence-electron chi connectivity index (χ4n) is 2.60. The van der Waals surface area contributed by atoms with Crippen LogP contribution in [0, 0.1) is 0 Å². The Morgan fingerprint density at radius 1 is 1.00 bits per heavy atom. The molecule has 0 N–H and O–H groups in total. The summed E-state index contributed by atoms with van der Waals surface area (Å²) in [4.78, 5) is 0. The lowest BCUT2D eigenvalue weighted by atomic mass is 10.2. The molecule has 3 aromatic rings. The maximum atomic E-state index is 12.6. The number of hydrogen-bond acceptors (Lipinski definition) is 7. The second kappa shape index (κ2) is 9.43. The number of rotatable bonds is 10. The van der Waals surface area contributed by atoms with E-state index in [-0.39, 0.29) is 10.9 Å². The Morgan fingerprint density at radius 3 is 2.46 bits per heavy atom. The molecule has 9 heteroatoms. The van der Waals surface area contributed by atoms with E-state index in [2.05, 4.69) is 15.5 Å². The summed E-state index contributed by atoms with van der Waals surface area (Å²) in [6.07, 6.45) is 1.09. The van der Waals surface area contributed by atoms with Crippen LogP contribution < -0.4 is 4.74 Å². The van der Waals surface area contributed by atoms with Crippen molar-refractivity contribution in [3.63, 3.8) is 0 Å². The number of benzene rings is 2. The van der Waals surface area contributed by atoms with Gasteiger partial charge in [-0.1, -0.05) is 35.4 Å². The van der Waals surface area contributed by atoms with Crippen LogP contribution in [0.15, 0.2) is 59.8 Å². The van der Waals surface area contributed by atoms with E-state index in [4.69, 9.17) is 9.47 Å². The van der Waals surface area contributed by atoms with Gasteiger partial charge in [-0.25, -0.2) is 8.42 Å². The molecule has 0 radical (unpaired) electrons. The molecule has 0 aliphatic carbocycles. The Hall–Kier alpha value is -2.78. The quantitative estimate of drug-likeness (QED) is 0.481. The summed E-state index contributed by atoms with van der Waals surface area (Å²) in [5, 5.41) is 10.9. The molecule has 0 bridgehead atoms. The fraction of sp³-hybridized carbons (Fsp3) is 0.316. The minimum absolute atomic E-state index is 0.0356. The molecule has 8 nitrogen and oxygen atoms in total. The molecule has 0 unspecified atom stereocenters. The summed E-state index contributed by atoms with van der Waals surface area (Å²) in [6.45, 7) is 0.953. The van der Waals surface area contributed by atoms with Crippen LogP contribution in [-0.4, -0.2) is 48.1 Å². The lowest BCUT2D eigenvalue weighted by molar-refractivity contribution is 0.118. The molecule has 1 aromatic heterocycles. The lowest BCUT2D eigenvalue weighted by Gasteiger charge is -2.07. The average Bonchev–Trinajstić information content (AvgIpc) is 3.23. The monoisotopic (exact) mass is 402 g/mol. The first-order valence-corrected chi connectivity index (χ1v) is 10.5. The number of para-hydroxylation sites is 1. The van der Waals surface area contributed by atoms with Crippen molar-refractivity contribution >= 4 is 9.84 Å². The van der Waals surface area contributed by atoms with Gasteiger partial charge in [-0.15, -0.1) is 0 Å². The minimum atomic E-state index is -3.59. The Kier molecular flexibility index (Phi) is 6.72. The number of sulfone groups is 1. The fourth-order valence-corrected chi connectivity index (χ4v) is 3.94. The first kappa shape index (κ1) is 20.0. The molecule has 0 spiro atoms. The smallest absolute Gasteiger partial charge is 0.272 e. The van der Waals surface area contributed by atoms with E-state index in [1.165, 1.54) is 4.68 Å². The number of methoxy groups -OCH3 is 1. The zero-order valence-electron chi connectivity index (χ0n) is 15.6. The van der Waals surface area contributed by atoms with Crippen molar-refractivity contribution in [2.24, 2.45) is 0 Å². The van der Waals surface area contributed by atoms with Crippen molar-refractivity contribution in [1.82, 2.24) is 20.2 Å². The van der Waals surface area contributed by atoms with Crippen molar-refractivity contribution in [2.75, 3.05) is 19.5 Å². The molecule has 1 heterocycles. The molecule has 0 aliphatic rings. The summed E-state index contributed by atoms with van der Waals surface area (Å²) in [6, 6.07) is 16.6. The summed E-state index contributed by atoms with van der Waals surface area (Å²) in [5.41, 5.74) is 1.64. The highest BCUT2D eigenvalue weighted by atomic mass is 32.2. The number of unbranched alkanes of at least 4 members (excludes halogenated alkanes) is 1. The van der Waals surface area contributed by atoms with Crippen LogP contribution >= 0.6 is 0 Å². The summed E-state index contributed by atoms with van der Waals surface area (Å²) in [7, 11) is -1.96. The SMILES string of the molecule is COc1ccc(COCCCCS(=O)(=O)c2nnnn2-c2ccccc2)cc1. The van der Waals surface area contributed by atoms with E-state index in [0.29, 0.717) is 31.7 Å². The van der Waals surface area contributed by atoms with Crippen molar-refractivity contribution in [1.29, 1.82) is 0 Å². The normalized spacial score (nSPS) is 11.5. The molecule has 0 atom stereocenters. The van der Waals surface area contributed by atoms with E-state index in [1.54, 1.807) is 31.4 Å². The van der Waals surface area contributed by atoms with E-state index in [9.17, 15) is 8.42 Å². The van der Waals surface area contributed by atoms with Gasteiger partial charge in [0.25, 0.3) is 5.16 Å². The third-order valence-corrected chi connectivity index (χ3v) is 5.74. The van der Waals surface area contributed by atoms with Gasteiger partial charge in [0.2, 0.25) is 9.84 Å². The predicted octanol–water partition coefficient (Wildman–Crippen LogP) is 2.44. The van der Waals surface area contributed by atoms with Crippen molar-refractivity contribution in [3.8, 4) is 11.4 Å². The third-order valence-electron chi connectivity index (χ3n) is 4.10. The number of nitrogens with zero attached hydrogens (tertiary/aromatic N) is 4. The van der Waals surface area contributed by atoms with Crippen molar-refractivity contribution in [3.05, 3.63) is 60.2 Å². The summed E-state index contributed by atoms with van der Waals surface area (Å²) < 4.78 is 37.1. The van der Waals surface area contributed by atoms with Crippen LogP contribution in [0.3, 0.4) is 0 Å². The van der Waals surface area contributed by atoms with Gasteiger partial charge in [0.05, 0.1) is 25.2 Å². The summed E-state index contributed by atoms with van der Waals surface area (Å²) >= 11 is 0. The van der Waals surface area contributed by atoms with E-state index >= 15 is 0 Å². The molecule has 2 aromatic carbocycles. The molecule has 0 fully saturated rings. The largest absolute Gasteiger partial charge is 0.497 e. The van der Waals surface area contributed by atoms with Crippen LogP contribution in [0.2, 0.25) is 0 Å². The first-order valence-electron chi connectivity index (χ1n) is 8.87. The predicted molar refractivity (Wildman–Crippen MR) is 103 cm³/mol. The lowest BCUT2D eigenvalue weighted by Crippen LogP contribution is -2.14. The van der Waals surface area contributed by atoms with Gasteiger partial charge < -0.3 is 9.47 Å². The van der Waals surface area contributed by atoms with Crippen molar-refractivity contribution in [2.45, 2.75) is 24.6 Å². The van der Waals surface area contributed by atoms with Gasteiger partial charge in [-0.3, -0.25) is 0 Å². The van der Waals surface area contributed by atoms with Gasteiger partial charge in [0.15, 0.2) is 0 Å². The number of hydrogen-bond donors (Lipinski definition) is 0. The third kappa shape index (κ3) is 5.14. The van der Waals surface area contributed by atoms with E-state index in [1.807, 2.05) is 30.3 Å². The van der Waals surface area contributed by atoms with E-state index < -0.39 is 9.84 Å². The minimum Gasteiger partial charge on any atom is -0.497 e. The van der Waals surface area contributed by atoms with Gasteiger partial charge in [0, 0.05) is 6.61 Å². The Bertz CT molecular complexity index is 973. The maximum Gasteiger partial charge on any atom is 0.272 e. The number of aromatic nitrogens is 4. The second-order valence-corrected chi connectivity index (χ2v) is 8.14. The Labute approximate surface area is 164 Å². The zero-order valence-corrected chi connectivity index (χ0v) is 16.4. The number of tetrazole rings is 1. The van der Waals surface area contributed by atoms with Gasteiger partial charge in [-0.05, 0) is 53.1 Å². The first-order chi connectivity index (χ1) is 13.6. The highest BCUT2D eigenvalue weighted by Gasteiger charge is 2.23. The van der Waals surface area contributed by atoms with Crippen LogP contribution in [-0.2, 0) is 21.2 Å². The highest BCUT2D eigenvalue weighted by molar-refractivity contribution is 7.91. The van der Waals surface area contributed by atoms with Crippen LogP contribution in [0.1, 0.15) is 18.4 Å². The highest BCUT2D eigenvalue weighted by Crippen LogP contribution is 2.15. The maximum absolute atomic E-state index is 12.6. The Morgan fingerprint density at radius 2 is 1.75 bits per heavy atom. The van der Waals surface area contributed by atoms with Crippen LogP contribution in [0.4, 0.5) is 0 Å². The van der Waals surface area contributed by atoms with Crippen LogP contribution in [0.25, 0.3) is 5.69 Å². The van der Waals surface area contributed by atoms with Crippen LogP contribution in [0.5, 0.6) is 5.75 Å². The number of ether oxygens (including phenoxy) is 2. The molecule has 0 saturated carbocycles. The van der Waals surface area contributed by atoms with E-state index in [0.717, 1.165) is 11.3 Å². The molecule has 0 saturated heterocycles. The molecule has 0 aliphatic heterocycles. The molecule has 3 rings (SSSR count).